The first kappa shape index (κ1) is 20.7. The van der Waals surface area contributed by atoms with Gasteiger partial charge in [0.05, 0.1) is 0 Å². The third-order valence-corrected chi connectivity index (χ3v) is 4.73. The van der Waals surface area contributed by atoms with Crippen molar-refractivity contribution in [2.45, 2.75) is 46.7 Å². The number of rotatable bonds is 7. The van der Waals surface area contributed by atoms with Gasteiger partial charge in [-0.05, 0) is 42.5 Å². The normalized spacial score (nSPS) is 11.9. The van der Waals surface area contributed by atoms with Crippen LogP contribution < -0.4 is 5.32 Å². The lowest BCUT2D eigenvalue weighted by molar-refractivity contribution is -0.133. The first-order valence-corrected chi connectivity index (χ1v) is 9.52. The zero-order valence-corrected chi connectivity index (χ0v) is 17.0. The Labute approximate surface area is 162 Å². The minimum atomic E-state index is -0.557. The molecule has 0 fully saturated rings. The summed E-state index contributed by atoms with van der Waals surface area (Å²) in [5.74, 6) is -0.298. The summed E-state index contributed by atoms with van der Waals surface area (Å²) in [6, 6.07) is 15.1. The predicted octanol–water partition coefficient (Wildman–Crippen LogP) is 3.97. The molecule has 0 aliphatic carbocycles. The van der Waals surface area contributed by atoms with Crippen LogP contribution in [0.4, 0.5) is 0 Å². The molecule has 0 aromatic heterocycles. The summed E-state index contributed by atoms with van der Waals surface area (Å²) in [7, 11) is 1.78. The number of aryl methyl sites for hydroxylation is 2. The number of hydrogen-bond donors (Lipinski definition) is 1. The van der Waals surface area contributed by atoms with Crippen LogP contribution in [0.1, 0.15) is 47.8 Å². The number of likely N-dealkylation sites (N-methyl/N-ethyl adjacent to an activating group) is 1. The van der Waals surface area contributed by atoms with Crippen molar-refractivity contribution in [3.63, 3.8) is 0 Å². The van der Waals surface area contributed by atoms with Crippen LogP contribution >= 0.6 is 0 Å². The van der Waals surface area contributed by atoms with Crippen LogP contribution in [0.3, 0.4) is 0 Å². The minimum absolute atomic E-state index is 0.00354. The average molecular weight is 367 g/mol. The van der Waals surface area contributed by atoms with E-state index in [9.17, 15) is 9.59 Å². The third-order valence-electron chi connectivity index (χ3n) is 4.73. The molecule has 2 rings (SSSR count). The van der Waals surface area contributed by atoms with Gasteiger partial charge in [0.15, 0.2) is 0 Å². The third kappa shape index (κ3) is 5.68. The van der Waals surface area contributed by atoms with Gasteiger partial charge in [0.1, 0.15) is 6.04 Å². The summed E-state index contributed by atoms with van der Waals surface area (Å²) in [4.78, 5) is 27.2. The Balaban J connectivity index is 2.07. The Morgan fingerprint density at radius 2 is 1.67 bits per heavy atom. The first-order valence-electron chi connectivity index (χ1n) is 9.52. The quantitative estimate of drug-likeness (QED) is 0.806. The number of nitrogens with zero attached hydrogens (tertiary/aromatic N) is 1. The summed E-state index contributed by atoms with van der Waals surface area (Å²) in [6.07, 6.45) is 0.996. The van der Waals surface area contributed by atoms with Gasteiger partial charge in [0.25, 0.3) is 5.91 Å². The molecule has 27 heavy (non-hydrogen) atoms. The zero-order chi connectivity index (χ0) is 20.0. The van der Waals surface area contributed by atoms with Crippen molar-refractivity contribution in [3.8, 4) is 0 Å². The van der Waals surface area contributed by atoms with E-state index >= 15 is 0 Å². The zero-order valence-electron chi connectivity index (χ0n) is 17.0. The Bertz CT molecular complexity index is 781. The second kappa shape index (κ2) is 9.36. The highest BCUT2D eigenvalue weighted by atomic mass is 16.2. The molecule has 0 bridgehead atoms. The molecule has 0 saturated carbocycles. The number of amides is 2. The van der Waals surface area contributed by atoms with Crippen LogP contribution in [-0.2, 0) is 17.8 Å². The van der Waals surface area contributed by atoms with E-state index in [-0.39, 0.29) is 17.7 Å². The van der Waals surface area contributed by atoms with Crippen molar-refractivity contribution < 1.29 is 9.59 Å². The molecule has 0 unspecified atom stereocenters. The topological polar surface area (TPSA) is 49.4 Å². The fourth-order valence-electron chi connectivity index (χ4n) is 2.99. The van der Waals surface area contributed by atoms with Gasteiger partial charge >= 0.3 is 0 Å². The van der Waals surface area contributed by atoms with E-state index in [1.54, 1.807) is 18.0 Å². The number of carbonyl (C=O) groups is 2. The van der Waals surface area contributed by atoms with Gasteiger partial charge < -0.3 is 10.2 Å². The summed E-state index contributed by atoms with van der Waals surface area (Å²) in [6.45, 7) is 8.48. The Morgan fingerprint density at radius 3 is 2.22 bits per heavy atom. The molecule has 0 saturated heterocycles. The summed E-state index contributed by atoms with van der Waals surface area (Å²) in [5.41, 5.74) is 3.95. The van der Waals surface area contributed by atoms with Gasteiger partial charge in [-0.25, -0.2) is 0 Å². The molecule has 0 radical (unpaired) electrons. The molecule has 2 amide bonds. The molecule has 2 aromatic carbocycles. The van der Waals surface area contributed by atoms with Crippen molar-refractivity contribution in [1.29, 1.82) is 0 Å². The van der Waals surface area contributed by atoms with Gasteiger partial charge in [-0.1, -0.05) is 62.7 Å². The van der Waals surface area contributed by atoms with Gasteiger partial charge in [-0.2, -0.15) is 0 Å². The molecule has 0 spiro atoms. The van der Waals surface area contributed by atoms with E-state index in [1.807, 2.05) is 39.0 Å². The molecular formula is C23H30N2O2. The van der Waals surface area contributed by atoms with Gasteiger partial charge in [-0.15, -0.1) is 0 Å². The Hall–Kier alpha value is -2.62. The number of nitrogens with one attached hydrogen (secondary N) is 1. The SMILES string of the molecule is CCc1ccc(CN(C)C(=O)[C@@H](NC(=O)c2cccc(C)c2)C(C)C)cc1. The first-order chi connectivity index (χ1) is 12.8. The minimum Gasteiger partial charge on any atom is -0.340 e. The van der Waals surface area contributed by atoms with Crippen molar-refractivity contribution in [3.05, 3.63) is 70.8 Å². The molecule has 4 nitrogen and oxygen atoms in total. The molecule has 0 heterocycles. The molecule has 144 valence electrons. The molecule has 0 aliphatic rings. The maximum Gasteiger partial charge on any atom is 0.251 e. The number of benzene rings is 2. The summed E-state index contributed by atoms with van der Waals surface area (Å²) in [5, 5.41) is 2.91. The van der Waals surface area contributed by atoms with E-state index in [1.165, 1.54) is 5.56 Å². The van der Waals surface area contributed by atoms with Gasteiger partial charge in [0, 0.05) is 19.2 Å². The Morgan fingerprint density at radius 1 is 1.04 bits per heavy atom. The maximum atomic E-state index is 13.0. The van der Waals surface area contributed by atoms with Crippen LogP contribution in [-0.4, -0.2) is 29.8 Å². The molecular weight excluding hydrogens is 336 g/mol. The monoisotopic (exact) mass is 366 g/mol. The molecule has 4 heteroatoms. The van der Waals surface area contributed by atoms with Crippen molar-refractivity contribution in [2.24, 2.45) is 5.92 Å². The summed E-state index contributed by atoms with van der Waals surface area (Å²) < 4.78 is 0. The highest BCUT2D eigenvalue weighted by molar-refractivity contribution is 5.97. The van der Waals surface area contributed by atoms with Gasteiger partial charge in [-0.3, -0.25) is 9.59 Å². The smallest absolute Gasteiger partial charge is 0.251 e. The fourth-order valence-corrected chi connectivity index (χ4v) is 2.99. The van der Waals surface area contributed by atoms with E-state index in [0.717, 1.165) is 17.5 Å². The van der Waals surface area contributed by atoms with Crippen molar-refractivity contribution >= 4 is 11.8 Å². The lowest BCUT2D eigenvalue weighted by Gasteiger charge is -2.27. The molecule has 2 aromatic rings. The number of carbonyl (C=O) groups excluding carboxylic acids is 2. The largest absolute Gasteiger partial charge is 0.340 e. The van der Waals surface area contributed by atoms with E-state index in [0.29, 0.717) is 12.1 Å². The maximum absolute atomic E-state index is 13.0. The lowest BCUT2D eigenvalue weighted by atomic mass is 10.0. The second-order valence-corrected chi connectivity index (χ2v) is 7.43. The van der Waals surface area contributed by atoms with E-state index in [2.05, 4.69) is 36.5 Å². The molecule has 1 N–H and O–H groups in total. The fraction of sp³-hybridized carbons (Fsp3) is 0.391. The van der Waals surface area contributed by atoms with Crippen LogP contribution in [0.25, 0.3) is 0 Å². The summed E-state index contributed by atoms with van der Waals surface area (Å²) >= 11 is 0. The lowest BCUT2D eigenvalue weighted by Crippen LogP contribution is -2.50. The van der Waals surface area contributed by atoms with Crippen LogP contribution in [0.15, 0.2) is 48.5 Å². The van der Waals surface area contributed by atoms with Crippen LogP contribution in [0, 0.1) is 12.8 Å². The Kier molecular flexibility index (Phi) is 7.17. The van der Waals surface area contributed by atoms with E-state index in [4.69, 9.17) is 0 Å². The van der Waals surface area contributed by atoms with Crippen LogP contribution in [0.5, 0.6) is 0 Å². The highest BCUT2D eigenvalue weighted by Crippen LogP contribution is 2.12. The highest BCUT2D eigenvalue weighted by Gasteiger charge is 2.27. The molecule has 1 atom stereocenters. The van der Waals surface area contributed by atoms with Crippen LogP contribution in [0.2, 0.25) is 0 Å². The van der Waals surface area contributed by atoms with Crippen molar-refractivity contribution in [1.82, 2.24) is 10.2 Å². The standard InChI is InChI=1S/C23H30N2O2/c1-6-18-10-12-19(13-11-18)15-25(5)23(27)21(16(2)3)24-22(26)20-9-7-8-17(4)14-20/h7-14,16,21H,6,15H2,1-5H3,(H,24,26)/t21-/m0/s1. The average Bonchev–Trinajstić information content (AvgIpc) is 2.65. The molecule has 0 aliphatic heterocycles. The second-order valence-electron chi connectivity index (χ2n) is 7.43. The van der Waals surface area contributed by atoms with Crippen molar-refractivity contribution in [2.75, 3.05) is 7.05 Å². The number of hydrogen-bond acceptors (Lipinski definition) is 2. The predicted molar refractivity (Wildman–Crippen MR) is 110 cm³/mol. The van der Waals surface area contributed by atoms with Gasteiger partial charge in [0.2, 0.25) is 5.91 Å². The van der Waals surface area contributed by atoms with E-state index < -0.39 is 6.04 Å².